The van der Waals surface area contributed by atoms with E-state index in [0.717, 1.165) is 16.7 Å². The van der Waals surface area contributed by atoms with Crippen LogP contribution in [0, 0.1) is 27.7 Å². The van der Waals surface area contributed by atoms with Crippen molar-refractivity contribution in [1.82, 2.24) is 4.57 Å². The lowest BCUT2D eigenvalue weighted by Gasteiger charge is -2.15. The minimum Gasteiger partial charge on any atom is -0.408 e. The molecular formula is C18H20N2O4S. The average Bonchev–Trinajstić information content (AvgIpc) is 2.77. The first-order chi connectivity index (χ1) is 11.6. The van der Waals surface area contributed by atoms with E-state index >= 15 is 0 Å². The third kappa shape index (κ3) is 2.95. The first-order valence-corrected chi connectivity index (χ1v) is 9.29. The molecule has 0 radical (unpaired) electrons. The minimum absolute atomic E-state index is 0.0914. The maximum absolute atomic E-state index is 12.9. The highest BCUT2D eigenvalue weighted by Crippen LogP contribution is 2.28. The number of rotatable bonds is 3. The van der Waals surface area contributed by atoms with Gasteiger partial charge < -0.3 is 4.42 Å². The second-order valence-electron chi connectivity index (χ2n) is 6.39. The van der Waals surface area contributed by atoms with E-state index in [2.05, 4.69) is 4.72 Å². The van der Waals surface area contributed by atoms with E-state index in [9.17, 15) is 13.2 Å². The van der Waals surface area contributed by atoms with E-state index in [1.807, 2.05) is 32.9 Å². The minimum atomic E-state index is -3.82. The Morgan fingerprint density at radius 3 is 2.16 bits per heavy atom. The fraction of sp³-hybridized carbons (Fsp3) is 0.278. The molecule has 0 fully saturated rings. The number of nitrogens with one attached hydrogen (secondary N) is 1. The summed E-state index contributed by atoms with van der Waals surface area (Å²) in [5.41, 5.74) is 4.69. The molecule has 0 aliphatic heterocycles. The lowest BCUT2D eigenvalue weighted by Crippen LogP contribution is -2.16. The summed E-state index contributed by atoms with van der Waals surface area (Å²) in [6.45, 7) is 7.39. The Morgan fingerprint density at radius 2 is 1.56 bits per heavy atom. The van der Waals surface area contributed by atoms with Gasteiger partial charge in [-0.2, -0.15) is 0 Å². The Labute approximate surface area is 146 Å². The predicted octanol–water partition coefficient (Wildman–Crippen LogP) is 3.17. The number of hydrogen-bond acceptors (Lipinski definition) is 4. The van der Waals surface area contributed by atoms with Crippen molar-refractivity contribution in [3.8, 4) is 0 Å². The van der Waals surface area contributed by atoms with Gasteiger partial charge in [0.25, 0.3) is 10.0 Å². The quantitative estimate of drug-likeness (QED) is 0.778. The third-order valence-electron chi connectivity index (χ3n) is 4.29. The molecule has 7 heteroatoms. The van der Waals surface area contributed by atoms with E-state index in [4.69, 9.17) is 4.42 Å². The maximum Gasteiger partial charge on any atom is 0.419 e. The number of sulfonamides is 1. The van der Waals surface area contributed by atoms with Crippen LogP contribution in [0.3, 0.4) is 0 Å². The van der Waals surface area contributed by atoms with Crippen LogP contribution < -0.4 is 10.5 Å². The van der Waals surface area contributed by atoms with Gasteiger partial charge >= 0.3 is 5.76 Å². The highest BCUT2D eigenvalue weighted by atomic mass is 32.2. The van der Waals surface area contributed by atoms with Gasteiger partial charge in [0, 0.05) is 13.1 Å². The van der Waals surface area contributed by atoms with Crippen LogP contribution in [0.1, 0.15) is 22.3 Å². The number of anilines is 1. The number of hydrogen-bond donors (Lipinski definition) is 1. The number of benzene rings is 2. The molecule has 0 saturated heterocycles. The molecule has 0 saturated carbocycles. The van der Waals surface area contributed by atoms with Crippen molar-refractivity contribution in [2.24, 2.45) is 7.05 Å². The molecule has 0 unspecified atom stereocenters. The highest BCUT2D eigenvalue weighted by Gasteiger charge is 2.21. The SMILES string of the molecule is Cc1cc(C)c(NS(=O)(=O)c2cc3oc(=O)n(C)c3cc2C)c(C)c1. The molecule has 6 nitrogen and oxygen atoms in total. The summed E-state index contributed by atoms with van der Waals surface area (Å²) < 4.78 is 35.0. The molecule has 1 heterocycles. The summed E-state index contributed by atoms with van der Waals surface area (Å²) in [6, 6.07) is 6.89. The lowest BCUT2D eigenvalue weighted by molar-refractivity contribution is 0.527. The summed E-state index contributed by atoms with van der Waals surface area (Å²) >= 11 is 0. The Kier molecular flexibility index (Phi) is 3.99. The molecule has 25 heavy (non-hydrogen) atoms. The standard InChI is InChI=1S/C18H20N2O4S/c1-10-6-12(3)17(13(4)7-10)19-25(22,23)16-9-15-14(8-11(16)2)20(5)18(21)24-15/h6-9,19H,1-5H3. The molecule has 2 aromatic carbocycles. The fourth-order valence-electron chi connectivity index (χ4n) is 3.08. The van der Waals surface area contributed by atoms with Crippen LogP contribution in [-0.4, -0.2) is 13.0 Å². The molecule has 0 aliphatic rings. The van der Waals surface area contributed by atoms with Crippen molar-refractivity contribution >= 4 is 26.8 Å². The van der Waals surface area contributed by atoms with Crippen molar-refractivity contribution in [3.05, 3.63) is 57.1 Å². The van der Waals surface area contributed by atoms with Crippen LogP contribution >= 0.6 is 0 Å². The molecule has 3 aromatic rings. The van der Waals surface area contributed by atoms with Crippen molar-refractivity contribution in [3.63, 3.8) is 0 Å². The van der Waals surface area contributed by atoms with Gasteiger partial charge in [-0.25, -0.2) is 13.2 Å². The molecule has 3 rings (SSSR count). The summed E-state index contributed by atoms with van der Waals surface area (Å²) in [5.74, 6) is -0.526. The molecule has 1 aromatic heterocycles. The molecule has 0 atom stereocenters. The molecule has 0 bridgehead atoms. The number of oxazole rings is 1. The van der Waals surface area contributed by atoms with E-state index in [1.165, 1.54) is 10.6 Å². The monoisotopic (exact) mass is 360 g/mol. The normalized spacial score (nSPS) is 11.9. The molecule has 132 valence electrons. The van der Waals surface area contributed by atoms with E-state index in [-0.39, 0.29) is 10.5 Å². The van der Waals surface area contributed by atoms with Crippen LogP contribution in [0.4, 0.5) is 5.69 Å². The second-order valence-corrected chi connectivity index (χ2v) is 8.04. The zero-order valence-corrected chi connectivity index (χ0v) is 15.6. The first kappa shape index (κ1) is 17.3. The Morgan fingerprint density at radius 1 is 0.960 bits per heavy atom. The Bertz CT molecular complexity index is 1130. The van der Waals surface area contributed by atoms with Crippen molar-refractivity contribution in [2.75, 3.05) is 4.72 Å². The van der Waals surface area contributed by atoms with Crippen LogP contribution in [0.15, 0.2) is 38.4 Å². The van der Waals surface area contributed by atoms with Gasteiger partial charge in [0.2, 0.25) is 0 Å². The Balaban J connectivity index is 2.14. The van der Waals surface area contributed by atoms with Gasteiger partial charge in [-0.1, -0.05) is 17.7 Å². The van der Waals surface area contributed by atoms with Gasteiger partial charge in [-0.15, -0.1) is 0 Å². The van der Waals surface area contributed by atoms with Crippen LogP contribution in [0.2, 0.25) is 0 Å². The lowest BCUT2D eigenvalue weighted by atomic mass is 10.1. The summed E-state index contributed by atoms with van der Waals surface area (Å²) in [5, 5.41) is 0. The smallest absolute Gasteiger partial charge is 0.408 e. The molecule has 0 spiro atoms. The second kappa shape index (κ2) is 5.77. The van der Waals surface area contributed by atoms with Gasteiger partial charge in [-0.05, 0) is 50.5 Å². The first-order valence-electron chi connectivity index (χ1n) is 7.81. The molecule has 0 aliphatic carbocycles. The van der Waals surface area contributed by atoms with Gasteiger partial charge in [0.05, 0.1) is 16.1 Å². The van der Waals surface area contributed by atoms with Crippen molar-refractivity contribution < 1.29 is 12.8 Å². The number of fused-ring (bicyclic) bond motifs is 1. The zero-order chi connectivity index (χ0) is 18.5. The molecular weight excluding hydrogens is 340 g/mol. The number of aryl methyl sites for hydroxylation is 5. The van der Waals surface area contributed by atoms with E-state index in [1.54, 1.807) is 20.0 Å². The molecule has 0 amide bonds. The van der Waals surface area contributed by atoms with Crippen molar-refractivity contribution in [2.45, 2.75) is 32.6 Å². The van der Waals surface area contributed by atoms with Gasteiger partial charge in [0.1, 0.15) is 0 Å². The third-order valence-corrected chi connectivity index (χ3v) is 5.78. The van der Waals surface area contributed by atoms with E-state index in [0.29, 0.717) is 16.8 Å². The highest BCUT2D eigenvalue weighted by molar-refractivity contribution is 7.92. The maximum atomic E-state index is 12.9. The zero-order valence-electron chi connectivity index (χ0n) is 14.8. The van der Waals surface area contributed by atoms with Crippen LogP contribution in [0.5, 0.6) is 0 Å². The topological polar surface area (TPSA) is 81.3 Å². The van der Waals surface area contributed by atoms with Crippen molar-refractivity contribution in [1.29, 1.82) is 0 Å². The van der Waals surface area contributed by atoms with Gasteiger partial charge in [-0.3, -0.25) is 9.29 Å². The predicted molar refractivity (Wildman–Crippen MR) is 97.7 cm³/mol. The fourth-order valence-corrected chi connectivity index (χ4v) is 4.52. The largest absolute Gasteiger partial charge is 0.419 e. The van der Waals surface area contributed by atoms with Crippen LogP contribution in [0.25, 0.3) is 11.1 Å². The Hall–Kier alpha value is -2.54. The number of aromatic nitrogens is 1. The van der Waals surface area contributed by atoms with Crippen LogP contribution in [-0.2, 0) is 17.1 Å². The van der Waals surface area contributed by atoms with E-state index < -0.39 is 15.8 Å². The molecule has 1 N–H and O–H groups in total. The van der Waals surface area contributed by atoms with Gasteiger partial charge in [0.15, 0.2) is 5.58 Å². The summed E-state index contributed by atoms with van der Waals surface area (Å²) in [6.07, 6.45) is 0. The number of nitrogens with zero attached hydrogens (tertiary/aromatic N) is 1. The summed E-state index contributed by atoms with van der Waals surface area (Å²) in [7, 11) is -2.24. The summed E-state index contributed by atoms with van der Waals surface area (Å²) in [4.78, 5) is 11.7. The average molecular weight is 360 g/mol.